The van der Waals surface area contributed by atoms with Crippen molar-refractivity contribution in [2.24, 2.45) is 0 Å². The van der Waals surface area contributed by atoms with Gasteiger partial charge in [0.2, 0.25) is 5.91 Å². The molecule has 1 N–H and O–H groups in total. The maximum Gasteiger partial charge on any atom is 0.416 e. The molecular formula is C22H22F3N3O2. The van der Waals surface area contributed by atoms with E-state index in [1.54, 1.807) is 10.9 Å². The lowest BCUT2D eigenvalue weighted by molar-refractivity contribution is -0.137. The molecule has 3 aromatic rings. The third-order valence-corrected chi connectivity index (χ3v) is 4.34. The second-order valence-electron chi connectivity index (χ2n) is 6.73. The van der Waals surface area contributed by atoms with E-state index in [1.807, 2.05) is 43.5 Å². The number of amides is 1. The molecule has 8 heteroatoms. The highest BCUT2D eigenvalue weighted by atomic mass is 19.4. The second-order valence-corrected chi connectivity index (χ2v) is 6.73. The van der Waals surface area contributed by atoms with E-state index in [-0.39, 0.29) is 17.9 Å². The highest BCUT2D eigenvalue weighted by Crippen LogP contribution is 2.35. The summed E-state index contributed by atoms with van der Waals surface area (Å²) in [5, 5.41) is 6.82. The molecule has 0 unspecified atom stereocenters. The van der Waals surface area contributed by atoms with Crippen LogP contribution in [0.5, 0.6) is 5.75 Å². The monoisotopic (exact) mass is 417 g/mol. The zero-order valence-electron chi connectivity index (χ0n) is 16.4. The van der Waals surface area contributed by atoms with Crippen LogP contribution in [0, 0.1) is 0 Å². The molecular weight excluding hydrogens is 395 g/mol. The number of hydrogen-bond acceptors (Lipinski definition) is 3. The number of nitrogens with one attached hydrogen (secondary N) is 1. The van der Waals surface area contributed by atoms with Crippen molar-refractivity contribution in [3.05, 3.63) is 72.1 Å². The summed E-state index contributed by atoms with van der Waals surface area (Å²) >= 11 is 0. The second kappa shape index (κ2) is 9.47. The highest BCUT2D eigenvalue weighted by Gasteiger charge is 2.31. The van der Waals surface area contributed by atoms with Crippen LogP contribution in [0.25, 0.3) is 5.69 Å². The van der Waals surface area contributed by atoms with Gasteiger partial charge in [0, 0.05) is 12.6 Å². The Morgan fingerprint density at radius 1 is 1.17 bits per heavy atom. The molecule has 0 aliphatic rings. The van der Waals surface area contributed by atoms with Crippen molar-refractivity contribution in [1.82, 2.24) is 9.78 Å². The molecule has 0 atom stereocenters. The van der Waals surface area contributed by atoms with Crippen LogP contribution in [0.4, 0.5) is 18.9 Å². The minimum Gasteiger partial charge on any atom is -0.491 e. The van der Waals surface area contributed by atoms with Crippen molar-refractivity contribution in [2.45, 2.75) is 32.4 Å². The number of carbonyl (C=O) groups is 1. The smallest absolute Gasteiger partial charge is 0.416 e. The number of para-hydroxylation sites is 1. The maximum absolute atomic E-state index is 13.0. The van der Waals surface area contributed by atoms with Crippen molar-refractivity contribution in [2.75, 3.05) is 11.9 Å². The Bertz CT molecular complexity index is 985. The molecule has 3 rings (SSSR count). The van der Waals surface area contributed by atoms with Gasteiger partial charge in [0.05, 0.1) is 29.7 Å². The lowest BCUT2D eigenvalue weighted by atomic mass is 10.1. The summed E-state index contributed by atoms with van der Waals surface area (Å²) in [5.74, 6) is -0.182. The first-order valence-electron chi connectivity index (χ1n) is 9.59. The number of benzene rings is 2. The van der Waals surface area contributed by atoms with Crippen LogP contribution in [0.3, 0.4) is 0 Å². The number of ether oxygens (including phenoxy) is 1. The van der Waals surface area contributed by atoms with Gasteiger partial charge >= 0.3 is 6.18 Å². The Labute approximate surface area is 172 Å². The fourth-order valence-electron chi connectivity index (χ4n) is 2.82. The fraction of sp³-hybridized carbons (Fsp3) is 0.273. The summed E-state index contributed by atoms with van der Waals surface area (Å²) in [6.45, 7) is 2.23. The van der Waals surface area contributed by atoms with Crippen molar-refractivity contribution in [1.29, 1.82) is 0 Å². The number of anilines is 1. The third-order valence-electron chi connectivity index (χ3n) is 4.34. The van der Waals surface area contributed by atoms with Crippen LogP contribution in [0.1, 0.15) is 30.9 Å². The molecule has 0 aliphatic heterocycles. The Hall–Kier alpha value is -3.29. The van der Waals surface area contributed by atoms with E-state index in [1.165, 1.54) is 6.07 Å². The summed E-state index contributed by atoms with van der Waals surface area (Å²) in [6.07, 6.45) is 0.185. The fourth-order valence-corrected chi connectivity index (χ4v) is 2.82. The van der Waals surface area contributed by atoms with E-state index in [4.69, 9.17) is 4.74 Å². The summed E-state index contributed by atoms with van der Waals surface area (Å²) in [4.78, 5) is 12.4. The van der Waals surface area contributed by atoms with Gasteiger partial charge in [0.15, 0.2) is 0 Å². The van der Waals surface area contributed by atoms with Crippen molar-refractivity contribution >= 4 is 11.6 Å². The summed E-state index contributed by atoms with van der Waals surface area (Å²) < 4.78 is 46.3. The molecule has 2 aromatic carbocycles. The molecule has 158 valence electrons. The van der Waals surface area contributed by atoms with E-state index in [2.05, 4.69) is 10.4 Å². The summed E-state index contributed by atoms with van der Waals surface area (Å²) in [7, 11) is 0. The quantitative estimate of drug-likeness (QED) is 0.545. The predicted octanol–water partition coefficient (Wildman–Crippen LogP) is 5.25. The van der Waals surface area contributed by atoms with Gasteiger partial charge in [-0.2, -0.15) is 18.3 Å². The predicted molar refractivity (Wildman–Crippen MR) is 108 cm³/mol. The zero-order chi connectivity index (χ0) is 21.6. The standard InChI is InChI=1S/C22H22F3N3O2/c1-2-12-30-20-10-9-17(22(23,24)25)13-19(20)27-21(29)11-8-16-14-26-28(15-16)18-6-4-3-5-7-18/h3-7,9-10,13-15H,2,8,11-12H2,1H3,(H,27,29). The van der Waals surface area contributed by atoms with E-state index in [9.17, 15) is 18.0 Å². The van der Waals surface area contributed by atoms with E-state index in [0.29, 0.717) is 19.4 Å². The van der Waals surface area contributed by atoms with Crippen molar-refractivity contribution < 1.29 is 22.7 Å². The van der Waals surface area contributed by atoms with E-state index >= 15 is 0 Å². The average Bonchev–Trinajstić information content (AvgIpc) is 3.20. The lowest BCUT2D eigenvalue weighted by Gasteiger charge is -2.15. The summed E-state index contributed by atoms with van der Waals surface area (Å²) in [6, 6.07) is 12.6. The van der Waals surface area contributed by atoms with Gasteiger partial charge in [-0.05, 0) is 48.7 Å². The van der Waals surface area contributed by atoms with Crippen LogP contribution in [0.15, 0.2) is 60.9 Å². The first-order chi connectivity index (χ1) is 14.4. The van der Waals surface area contributed by atoms with Gasteiger partial charge in [-0.1, -0.05) is 25.1 Å². The lowest BCUT2D eigenvalue weighted by Crippen LogP contribution is -2.15. The molecule has 0 spiro atoms. The van der Waals surface area contributed by atoms with Gasteiger partial charge in [0.25, 0.3) is 0 Å². The first-order valence-corrected chi connectivity index (χ1v) is 9.59. The van der Waals surface area contributed by atoms with Gasteiger partial charge in [-0.3, -0.25) is 4.79 Å². The third kappa shape index (κ3) is 5.62. The number of rotatable bonds is 8. The average molecular weight is 417 g/mol. The number of hydrogen-bond donors (Lipinski definition) is 1. The zero-order valence-corrected chi connectivity index (χ0v) is 16.4. The molecule has 1 aromatic heterocycles. The Kier molecular flexibility index (Phi) is 6.76. The van der Waals surface area contributed by atoms with Gasteiger partial charge in [-0.15, -0.1) is 0 Å². The highest BCUT2D eigenvalue weighted by molar-refractivity contribution is 5.92. The van der Waals surface area contributed by atoms with Gasteiger partial charge in [0.1, 0.15) is 5.75 Å². The molecule has 30 heavy (non-hydrogen) atoms. The molecule has 1 heterocycles. The molecule has 0 aliphatic carbocycles. The van der Waals surface area contributed by atoms with Gasteiger partial charge in [-0.25, -0.2) is 4.68 Å². The SMILES string of the molecule is CCCOc1ccc(C(F)(F)F)cc1NC(=O)CCc1cnn(-c2ccccc2)c1. The number of aromatic nitrogens is 2. The molecule has 5 nitrogen and oxygen atoms in total. The van der Waals surface area contributed by atoms with Crippen LogP contribution >= 0.6 is 0 Å². The van der Waals surface area contributed by atoms with Crippen LogP contribution in [-0.2, 0) is 17.4 Å². The molecule has 0 fully saturated rings. The minimum absolute atomic E-state index is 0.0169. The Morgan fingerprint density at radius 2 is 1.93 bits per heavy atom. The Balaban J connectivity index is 1.66. The van der Waals surface area contributed by atoms with E-state index < -0.39 is 17.6 Å². The minimum atomic E-state index is -4.51. The molecule has 0 saturated heterocycles. The number of alkyl halides is 3. The largest absolute Gasteiger partial charge is 0.491 e. The molecule has 0 saturated carbocycles. The number of aryl methyl sites for hydroxylation is 1. The normalized spacial score (nSPS) is 11.3. The maximum atomic E-state index is 13.0. The van der Waals surface area contributed by atoms with Crippen LogP contribution in [0.2, 0.25) is 0 Å². The molecule has 0 radical (unpaired) electrons. The summed E-state index contributed by atoms with van der Waals surface area (Å²) in [5.41, 5.74) is 0.921. The molecule has 0 bridgehead atoms. The molecule has 1 amide bonds. The topological polar surface area (TPSA) is 56.1 Å². The van der Waals surface area contributed by atoms with Crippen molar-refractivity contribution in [3.63, 3.8) is 0 Å². The number of halogens is 3. The number of nitrogens with zero attached hydrogens (tertiary/aromatic N) is 2. The first kappa shape index (κ1) is 21.4. The van der Waals surface area contributed by atoms with E-state index in [0.717, 1.165) is 23.4 Å². The number of carbonyl (C=O) groups excluding carboxylic acids is 1. The van der Waals surface area contributed by atoms with Gasteiger partial charge < -0.3 is 10.1 Å². The van der Waals surface area contributed by atoms with Crippen LogP contribution in [-0.4, -0.2) is 22.3 Å². The van der Waals surface area contributed by atoms with Crippen LogP contribution < -0.4 is 10.1 Å². The Morgan fingerprint density at radius 3 is 2.63 bits per heavy atom. The van der Waals surface area contributed by atoms with Crippen molar-refractivity contribution in [3.8, 4) is 11.4 Å².